The monoisotopic (exact) mass is 672 g/mol. The van der Waals surface area contributed by atoms with Crippen LogP contribution in [0.2, 0.25) is 5.02 Å². The van der Waals surface area contributed by atoms with Gasteiger partial charge in [0.05, 0.1) is 5.52 Å². The molecular formula is C26H27Br2ClN10. The van der Waals surface area contributed by atoms with Gasteiger partial charge in [-0.1, -0.05) is 33.6 Å². The van der Waals surface area contributed by atoms with Crippen LogP contribution in [0.5, 0.6) is 0 Å². The number of nitrogens with one attached hydrogen (secondary N) is 3. The van der Waals surface area contributed by atoms with E-state index >= 15 is 0 Å². The topological polar surface area (TPSA) is 107 Å². The highest BCUT2D eigenvalue weighted by molar-refractivity contribution is 9.11. The summed E-state index contributed by atoms with van der Waals surface area (Å²) >= 11 is 13.3. The van der Waals surface area contributed by atoms with Gasteiger partial charge in [0, 0.05) is 70.4 Å². The number of rotatable bonds is 9. The lowest BCUT2D eigenvalue weighted by Gasteiger charge is -2.36. The van der Waals surface area contributed by atoms with Crippen molar-refractivity contribution in [3.63, 3.8) is 0 Å². The number of anilines is 5. The summed E-state index contributed by atoms with van der Waals surface area (Å²) in [6.45, 7) is 4.58. The normalized spacial score (nSPS) is 15.5. The highest BCUT2D eigenvalue weighted by atomic mass is 79.9. The van der Waals surface area contributed by atoms with Gasteiger partial charge in [-0.05, 0) is 59.1 Å². The van der Waals surface area contributed by atoms with Crippen LogP contribution in [-0.2, 0) is 0 Å². The Hall–Kier alpha value is -2.96. The van der Waals surface area contributed by atoms with Gasteiger partial charge in [-0.15, -0.1) is 0 Å². The summed E-state index contributed by atoms with van der Waals surface area (Å²) in [7, 11) is 0. The zero-order valence-electron chi connectivity index (χ0n) is 21.0. The van der Waals surface area contributed by atoms with Gasteiger partial charge in [0.1, 0.15) is 12.1 Å². The second-order valence-corrected chi connectivity index (χ2v) is 11.7. The molecule has 0 bridgehead atoms. The molecule has 0 unspecified atom stereocenters. The van der Waals surface area contributed by atoms with Crippen LogP contribution < -0.4 is 25.8 Å². The van der Waals surface area contributed by atoms with Crippen LogP contribution in [0.3, 0.4) is 0 Å². The van der Waals surface area contributed by atoms with Crippen LogP contribution >= 0.6 is 43.5 Å². The summed E-state index contributed by atoms with van der Waals surface area (Å²) in [5, 5.41) is 11.9. The van der Waals surface area contributed by atoms with Gasteiger partial charge < -0.3 is 25.8 Å². The minimum Gasteiger partial charge on any atom is -0.368 e. The van der Waals surface area contributed by atoms with Gasteiger partial charge in [-0.3, -0.25) is 0 Å². The molecule has 1 saturated heterocycles. The number of hydrogen-bond donors (Lipinski definition) is 3. The maximum atomic E-state index is 6.20. The van der Waals surface area contributed by atoms with Gasteiger partial charge in [0.2, 0.25) is 17.8 Å². The minimum atomic E-state index is 0.444. The summed E-state index contributed by atoms with van der Waals surface area (Å²) in [6, 6.07) is 12.4. The van der Waals surface area contributed by atoms with Crippen LogP contribution in [0.15, 0.2) is 51.7 Å². The number of nitrogens with zero attached hydrogens (tertiary/aromatic N) is 7. The summed E-state index contributed by atoms with van der Waals surface area (Å²) in [5.74, 6) is 2.63. The molecule has 1 saturated carbocycles. The molecule has 0 radical (unpaired) electrons. The second kappa shape index (κ2) is 11.6. The molecule has 2 aromatic carbocycles. The molecule has 3 heterocycles. The molecule has 10 nitrogen and oxygen atoms in total. The minimum absolute atomic E-state index is 0.444. The maximum Gasteiger partial charge on any atom is 0.232 e. The number of halogens is 3. The third-order valence-corrected chi connectivity index (χ3v) is 7.92. The van der Waals surface area contributed by atoms with E-state index in [0.29, 0.717) is 37.0 Å². The molecule has 0 atom stereocenters. The van der Waals surface area contributed by atoms with E-state index < -0.39 is 0 Å². The van der Waals surface area contributed by atoms with Gasteiger partial charge in [-0.2, -0.15) is 15.0 Å². The number of aromatic nitrogens is 5. The Bertz CT molecular complexity index is 1480. The first kappa shape index (κ1) is 26.3. The van der Waals surface area contributed by atoms with Gasteiger partial charge >= 0.3 is 0 Å². The van der Waals surface area contributed by atoms with Crippen molar-refractivity contribution in [2.45, 2.75) is 18.9 Å². The van der Waals surface area contributed by atoms with E-state index in [1.165, 1.54) is 0 Å². The molecular weight excluding hydrogens is 648 g/mol. The average Bonchev–Trinajstić information content (AvgIpc) is 3.75. The molecule has 4 aromatic rings. The number of piperazine rings is 1. The van der Waals surface area contributed by atoms with E-state index in [2.05, 4.69) is 78.6 Å². The summed E-state index contributed by atoms with van der Waals surface area (Å²) < 4.78 is 1.87. The molecule has 1 aliphatic heterocycles. The van der Waals surface area contributed by atoms with Crippen molar-refractivity contribution in [2.75, 3.05) is 65.0 Å². The van der Waals surface area contributed by atoms with E-state index in [9.17, 15) is 0 Å². The zero-order valence-corrected chi connectivity index (χ0v) is 25.0. The van der Waals surface area contributed by atoms with Crippen molar-refractivity contribution in [1.82, 2.24) is 24.9 Å². The highest BCUT2D eigenvalue weighted by Crippen LogP contribution is 2.30. The van der Waals surface area contributed by atoms with Crippen LogP contribution in [0.1, 0.15) is 12.8 Å². The molecule has 0 amide bonds. The molecule has 2 aromatic heterocycles. The van der Waals surface area contributed by atoms with Crippen LogP contribution in [0.4, 0.5) is 29.4 Å². The van der Waals surface area contributed by atoms with Gasteiger partial charge in [0.15, 0.2) is 0 Å². The smallest absolute Gasteiger partial charge is 0.232 e. The second-order valence-electron chi connectivity index (χ2n) is 9.51. The molecule has 2 aliphatic rings. The molecule has 39 heavy (non-hydrogen) atoms. The van der Waals surface area contributed by atoms with Crippen molar-refractivity contribution in [3.05, 3.63) is 56.7 Å². The van der Waals surface area contributed by atoms with Crippen LogP contribution in [0.25, 0.3) is 10.9 Å². The summed E-state index contributed by atoms with van der Waals surface area (Å²) in [4.78, 5) is 27.5. The third-order valence-electron chi connectivity index (χ3n) is 6.63. The van der Waals surface area contributed by atoms with E-state index in [0.717, 1.165) is 75.4 Å². The Kier molecular flexibility index (Phi) is 7.85. The Labute approximate surface area is 248 Å². The Morgan fingerprint density at radius 2 is 1.64 bits per heavy atom. The fourth-order valence-corrected chi connectivity index (χ4v) is 6.00. The molecule has 0 spiro atoms. The molecule has 1 aliphatic carbocycles. The standard InChI is InChI=1S/C26H27Br2ClN10/c27-16-12-20-22(21(28)13-16)32-15-33-23(20)30-6-7-31-24-35-25(34-18-4-5-18)37-26(36-24)39-10-8-38(9-11-39)19-3-1-2-17(29)14-19/h1-3,12-15,18H,4-11H2,(H,30,32,33)(H2,31,34,35,36,37). The predicted octanol–water partition coefficient (Wildman–Crippen LogP) is 5.42. The predicted molar refractivity (Wildman–Crippen MR) is 164 cm³/mol. The van der Waals surface area contributed by atoms with Crippen LogP contribution in [-0.4, -0.2) is 70.2 Å². The fourth-order valence-electron chi connectivity index (χ4n) is 4.49. The number of benzene rings is 2. The van der Waals surface area contributed by atoms with Crippen molar-refractivity contribution >= 4 is 83.7 Å². The quantitative estimate of drug-likeness (QED) is 0.200. The lowest BCUT2D eigenvalue weighted by Crippen LogP contribution is -2.47. The Morgan fingerprint density at radius 1 is 0.872 bits per heavy atom. The van der Waals surface area contributed by atoms with E-state index in [1.807, 2.05) is 30.3 Å². The van der Waals surface area contributed by atoms with Crippen molar-refractivity contribution in [1.29, 1.82) is 0 Å². The Morgan fingerprint density at radius 3 is 2.44 bits per heavy atom. The van der Waals surface area contributed by atoms with Crippen LogP contribution in [0, 0.1) is 0 Å². The lowest BCUT2D eigenvalue weighted by atomic mass is 10.2. The van der Waals surface area contributed by atoms with E-state index in [-0.39, 0.29) is 0 Å². The van der Waals surface area contributed by atoms with E-state index in [4.69, 9.17) is 21.6 Å². The maximum absolute atomic E-state index is 6.20. The third kappa shape index (κ3) is 6.44. The molecule has 13 heteroatoms. The zero-order chi connectivity index (χ0) is 26.8. The first-order valence-electron chi connectivity index (χ1n) is 12.9. The first-order chi connectivity index (χ1) is 19.0. The molecule has 3 N–H and O–H groups in total. The summed E-state index contributed by atoms with van der Waals surface area (Å²) in [6.07, 6.45) is 3.85. The van der Waals surface area contributed by atoms with Gasteiger partial charge in [0.25, 0.3) is 0 Å². The highest BCUT2D eigenvalue weighted by Gasteiger charge is 2.25. The van der Waals surface area contributed by atoms with E-state index in [1.54, 1.807) is 6.33 Å². The van der Waals surface area contributed by atoms with Crippen molar-refractivity contribution in [3.8, 4) is 0 Å². The summed E-state index contributed by atoms with van der Waals surface area (Å²) in [5.41, 5.74) is 2.00. The largest absolute Gasteiger partial charge is 0.368 e. The fraction of sp³-hybridized carbons (Fsp3) is 0.346. The molecule has 202 valence electrons. The molecule has 6 rings (SSSR count). The SMILES string of the molecule is Clc1cccc(N2CCN(c3nc(NCCNc4ncnc5c(Br)cc(Br)cc45)nc(NC4CC4)n3)CC2)c1. The van der Waals surface area contributed by atoms with Crippen molar-refractivity contribution in [2.24, 2.45) is 0 Å². The van der Waals surface area contributed by atoms with Crippen molar-refractivity contribution < 1.29 is 0 Å². The first-order valence-corrected chi connectivity index (χ1v) is 14.8. The average molecular weight is 675 g/mol. The lowest BCUT2D eigenvalue weighted by molar-refractivity contribution is 0.639. The number of hydrogen-bond acceptors (Lipinski definition) is 10. The van der Waals surface area contributed by atoms with Gasteiger partial charge in [-0.25, -0.2) is 9.97 Å². The number of fused-ring (bicyclic) bond motifs is 1. The molecule has 2 fully saturated rings. The Balaban J connectivity index is 1.11.